The lowest BCUT2D eigenvalue weighted by Gasteiger charge is -2.47. The smallest absolute Gasteiger partial charge is 0.233 e. The monoisotopic (exact) mass is 261 g/mol. The predicted molar refractivity (Wildman–Crippen MR) is 75.9 cm³/mol. The summed E-state index contributed by atoms with van der Waals surface area (Å²) >= 11 is 0. The molecule has 0 spiro atoms. The highest BCUT2D eigenvalue weighted by Gasteiger charge is 2.48. The molecule has 3 nitrogen and oxygen atoms in total. The van der Waals surface area contributed by atoms with Gasteiger partial charge < -0.3 is 10.0 Å². The lowest BCUT2D eigenvalue weighted by Crippen LogP contribution is -2.57. The van der Waals surface area contributed by atoms with E-state index in [9.17, 15) is 9.90 Å². The van der Waals surface area contributed by atoms with E-state index in [1.807, 2.05) is 44.2 Å². The van der Waals surface area contributed by atoms with E-state index in [-0.39, 0.29) is 17.9 Å². The minimum Gasteiger partial charge on any atom is -0.394 e. The van der Waals surface area contributed by atoms with Gasteiger partial charge in [0.15, 0.2) is 0 Å². The highest BCUT2D eigenvalue weighted by Crippen LogP contribution is 2.45. The maximum Gasteiger partial charge on any atom is 0.233 e. The largest absolute Gasteiger partial charge is 0.394 e. The minimum atomic E-state index is -0.519. The van der Waals surface area contributed by atoms with Crippen LogP contribution in [0.4, 0.5) is 0 Å². The van der Waals surface area contributed by atoms with E-state index in [2.05, 4.69) is 0 Å². The summed E-state index contributed by atoms with van der Waals surface area (Å²) in [5.41, 5.74) is 0.212. The Kier molecular flexibility index (Phi) is 3.68. The number of likely N-dealkylation sites (N-methyl/N-ethyl adjacent to an activating group) is 1. The van der Waals surface area contributed by atoms with E-state index in [0.29, 0.717) is 0 Å². The van der Waals surface area contributed by atoms with E-state index in [0.717, 1.165) is 24.8 Å². The molecule has 104 valence electrons. The average molecular weight is 261 g/mol. The van der Waals surface area contributed by atoms with Crippen LogP contribution >= 0.6 is 0 Å². The van der Waals surface area contributed by atoms with Gasteiger partial charge in [-0.05, 0) is 32.3 Å². The fourth-order valence-electron chi connectivity index (χ4n) is 2.62. The van der Waals surface area contributed by atoms with Crippen LogP contribution in [-0.2, 0) is 10.2 Å². The van der Waals surface area contributed by atoms with E-state index < -0.39 is 5.54 Å². The highest BCUT2D eigenvalue weighted by atomic mass is 16.3. The average Bonchev–Trinajstić information content (AvgIpc) is 2.37. The summed E-state index contributed by atoms with van der Waals surface area (Å²) in [4.78, 5) is 14.6. The third-order valence-corrected chi connectivity index (χ3v) is 4.54. The van der Waals surface area contributed by atoms with Crippen molar-refractivity contribution in [1.82, 2.24) is 4.90 Å². The molecule has 0 heterocycles. The zero-order valence-electron chi connectivity index (χ0n) is 12.0. The first-order valence-electron chi connectivity index (χ1n) is 6.89. The van der Waals surface area contributed by atoms with Gasteiger partial charge in [-0.1, -0.05) is 36.8 Å². The molecular weight excluding hydrogens is 238 g/mol. The molecule has 0 aromatic heterocycles. The number of rotatable bonds is 4. The second kappa shape index (κ2) is 4.97. The van der Waals surface area contributed by atoms with Crippen molar-refractivity contribution < 1.29 is 9.90 Å². The molecule has 1 amide bonds. The van der Waals surface area contributed by atoms with E-state index in [1.54, 1.807) is 11.9 Å². The summed E-state index contributed by atoms with van der Waals surface area (Å²) in [5, 5.41) is 9.45. The predicted octanol–water partition coefficient (Wildman–Crippen LogP) is 2.34. The summed E-state index contributed by atoms with van der Waals surface area (Å²) in [6.45, 7) is 3.75. The summed E-state index contributed by atoms with van der Waals surface area (Å²) < 4.78 is 0. The molecule has 0 unspecified atom stereocenters. The van der Waals surface area contributed by atoms with E-state index in [4.69, 9.17) is 0 Å². The maximum absolute atomic E-state index is 12.9. The number of nitrogens with zero attached hydrogens (tertiary/aromatic N) is 1. The second-order valence-corrected chi connectivity index (χ2v) is 6.14. The molecule has 1 aromatic rings. The molecule has 1 N–H and O–H groups in total. The van der Waals surface area contributed by atoms with Gasteiger partial charge in [0, 0.05) is 7.05 Å². The number of aliphatic hydroxyl groups excluding tert-OH is 1. The van der Waals surface area contributed by atoms with Crippen molar-refractivity contribution in [2.75, 3.05) is 13.7 Å². The van der Waals surface area contributed by atoms with Gasteiger partial charge in [0.05, 0.1) is 17.6 Å². The number of hydrogen-bond donors (Lipinski definition) is 1. The number of carbonyl (C=O) groups is 1. The molecule has 1 aliphatic carbocycles. The number of carbonyl (C=O) groups excluding carboxylic acids is 1. The zero-order chi connectivity index (χ0) is 14.1. The van der Waals surface area contributed by atoms with Crippen LogP contribution in [0.1, 0.15) is 38.7 Å². The molecule has 1 fully saturated rings. The molecule has 0 saturated heterocycles. The molecule has 1 aromatic carbocycles. The van der Waals surface area contributed by atoms with Crippen molar-refractivity contribution >= 4 is 5.91 Å². The Morgan fingerprint density at radius 3 is 2.32 bits per heavy atom. The fraction of sp³-hybridized carbons (Fsp3) is 0.562. The summed E-state index contributed by atoms with van der Waals surface area (Å²) in [7, 11) is 1.79. The first-order chi connectivity index (χ1) is 8.94. The fourth-order valence-corrected chi connectivity index (χ4v) is 2.62. The molecule has 19 heavy (non-hydrogen) atoms. The zero-order valence-corrected chi connectivity index (χ0v) is 12.0. The van der Waals surface area contributed by atoms with Crippen LogP contribution in [0, 0.1) is 0 Å². The standard InChI is InChI=1S/C16H23NO2/c1-15(2,12-18)17(3)14(19)16(10-7-11-16)13-8-5-4-6-9-13/h4-6,8-9,18H,7,10-12H2,1-3H3. The number of aliphatic hydroxyl groups is 1. The SMILES string of the molecule is CN(C(=O)C1(c2ccccc2)CCC1)C(C)(C)CO. The Balaban J connectivity index is 2.30. The van der Waals surface area contributed by atoms with Crippen LogP contribution in [0.25, 0.3) is 0 Å². The van der Waals surface area contributed by atoms with Gasteiger partial charge in [-0.2, -0.15) is 0 Å². The van der Waals surface area contributed by atoms with Crippen LogP contribution in [0.15, 0.2) is 30.3 Å². The van der Waals surface area contributed by atoms with Crippen LogP contribution in [0.3, 0.4) is 0 Å². The Hall–Kier alpha value is -1.35. The van der Waals surface area contributed by atoms with E-state index >= 15 is 0 Å². The normalized spacial score (nSPS) is 17.7. The molecule has 1 saturated carbocycles. The topological polar surface area (TPSA) is 40.5 Å². The second-order valence-electron chi connectivity index (χ2n) is 6.14. The molecule has 3 heteroatoms. The Morgan fingerprint density at radius 2 is 1.89 bits per heavy atom. The Labute approximate surface area is 115 Å². The lowest BCUT2D eigenvalue weighted by molar-refractivity contribution is -0.146. The van der Waals surface area contributed by atoms with Crippen LogP contribution in [-0.4, -0.2) is 35.1 Å². The van der Waals surface area contributed by atoms with Crippen LogP contribution in [0.2, 0.25) is 0 Å². The first-order valence-corrected chi connectivity index (χ1v) is 6.89. The van der Waals surface area contributed by atoms with Crippen molar-refractivity contribution in [2.24, 2.45) is 0 Å². The van der Waals surface area contributed by atoms with Crippen molar-refractivity contribution in [3.8, 4) is 0 Å². The third kappa shape index (κ3) is 2.27. The number of benzene rings is 1. The summed E-state index contributed by atoms with van der Waals surface area (Å²) in [5.74, 6) is 0.129. The van der Waals surface area contributed by atoms with Crippen molar-refractivity contribution in [3.05, 3.63) is 35.9 Å². The highest BCUT2D eigenvalue weighted by molar-refractivity contribution is 5.89. The number of amides is 1. The van der Waals surface area contributed by atoms with Gasteiger partial charge in [-0.15, -0.1) is 0 Å². The van der Waals surface area contributed by atoms with Gasteiger partial charge in [0.25, 0.3) is 0 Å². The van der Waals surface area contributed by atoms with Gasteiger partial charge in [-0.25, -0.2) is 0 Å². The van der Waals surface area contributed by atoms with Gasteiger partial charge in [-0.3, -0.25) is 4.79 Å². The third-order valence-electron chi connectivity index (χ3n) is 4.54. The van der Waals surface area contributed by atoms with Crippen molar-refractivity contribution in [2.45, 2.75) is 44.1 Å². The number of hydrogen-bond acceptors (Lipinski definition) is 2. The first kappa shape index (κ1) is 14.1. The molecule has 0 bridgehead atoms. The molecule has 2 rings (SSSR count). The summed E-state index contributed by atoms with van der Waals surface area (Å²) in [6, 6.07) is 10.0. The Morgan fingerprint density at radius 1 is 1.32 bits per heavy atom. The quantitative estimate of drug-likeness (QED) is 0.903. The van der Waals surface area contributed by atoms with Crippen LogP contribution < -0.4 is 0 Å². The van der Waals surface area contributed by atoms with Gasteiger partial charge in [0.1, 0.15) is 0 Å². The summed E-state index contributed by atoms with van der Waals surface area (Å²) in [6.07, 6.45) is 2.90. The van der Waals surface area contributed by atoms with Crippen molar-refractivity contribution in [3.63, 3.8) is 0 Å². The Bertz CT molecular complexity index is 449. The van der Waals surface area contributed by atoms with E-state index in [1.165, 1.54) is 0 Å². The molecular formula is C16H23NO2. The van der Waals surface area contributed by atoms with Gasteiger partial charge in [0.2, 0.25) is 5.91 Å². The maximum atomic E-state index is 12.9. The van der Waals surface area contributed by atoms with Crippen molar-refractivity contribution in [1.29, 1.82) is 0 Å². The van der Waals surface area contributed by atoms with Gasteiger partial charge >= 0.3 is 0 Å². The molecule has 1 aliphatic rings. The van der Waals surface area contributed by atoms with Crippen LogP contribution in [0.5, 0.6) is 0 Å². The lowest BCUT2D eigenvalue weighted by atomic mass is 9.63. The minimum absolute atomic E-state index is 0.0277. The molecule has 0 aliphatic heterocycles. The molecule has 0 radical (unpaired) electrons. The molecule has 0 atom stereocenters.